The Bertz CT molecular complexity index is 276. The van der Waals surface area contributed by atoms with Crippen molar-refractivity contribution < 1.29 is 9.60 Å². The summed E-state index contributed by atoms with van der Waals surface area (Å²) in [4.78, 5) is 0. The normalized spacial score (nSPS) is 10.4. The lowest BCUT2D eigenvalue weighted by Crippen LogP contribution is -2.10. The molecule has 3 heteroatoms. The lowest BCUT2D eigenvalue weighted by atomic mass is 10.0. The molecule has 0 saturated carbocycles. The fourth-order valence-electron chi connectivity index (χ4n) is 1.38. The van der Waals surface area contributed by atoms with E-state index in [1.165, 1.54) is 6.07 Å². The van der Waals surface area contributed by atoms with Crippen LogP contribution in [0.15, 0.2) is 18.2 Å². The van der Waals surface area contributed by atoms with Gasteiger partial charge in [0.05, 0.1) is 0 Å². The second kappa shape index (κ2) is 4.94. The molecule has 1 aromatic rings. The SMILES string of the molecule is CCCc1cccc(F)c1CNO. The van der Waals surface area contributed by atoms with E-state index in [4.69, 9.17) is 5.21 Å². The zero-order chi connectivity index (χ0) is 9.68. The van der Waals surface area contributed by atoms with Gasteiger partial charge in [0.1, 0.15) is 5.82 Å². The zero-order valence-electron chi connectivity index (χ0n) is 7.68. The minimum absolute atomic E-state index is 0.169. The number of aryl methyl sites for hydroxylation is 1. The van der Waals surface area contributed by atoms with Gasteiger partial charge in [0.2, 0.25) is 0 Å². The first-order chi connectivity index (χ1) is 6.29. The van der Waals surface area contributed by atoms with E-state index < -0.39 is 0 Å². The van der Waals surface area contributed by atoms with E-state index in [1.807, 2.05) is 18.5 Å². The van der Waals surface area contributed by atoms with Crippen molar-refractivity contribution in [2.45, 2.75) is 26.3 Å². The standard InChI is InChI=1S/C10H14FNO/c1-2-4-8-5-3-6-10(11)9(8)7-12-13/h3,5-6,12-13H,2,4,7H2,1H3. The fraction of sp³-hybridized carbons (Fsp3) is 0.400. The van der Waals surface area contributed by atoms with Crippen molar-refractivity contribution in [2.75, 3.05) is 0 Å². The molecule has 0 spiro atoms. The molecule has 0 amide bonds. The van der Waals surface area contributed by atoms with Gasteiger partial charge < -0.3 is 5.21 Å². The maximum atomic E-state index is 13.2. The molecule has 1 rings (SSSR count). The first-order valence-electron chi connectivity index (χ1n) is 4.42. The molecule has 0 aliphatic rings. The molecule has 2 N–H and O–H groups in total. The van der Waals surface area contributed by atoms with Gasteiger partial charge in [-0.1, -0.05) is 25.5 Å². The Morgan fingerprint density at radius 1 is 1.46 bits per heavy atom. The van der Waals surface area contributed by atoms with E-state index in [2.05, 4.69) is 0 Å². The number of rotatable bonds is 4. The van der Waals surface area contributed by atoms with Crippen molar-refractivity contribution in [1.29, 1.82) is 0 Å². The van der Waals surface area contributed by atoms with Crippen LogP contribution in [0.5, 0.6) is 0 Å². The van der Waals surface area contributed by atoms with Crippen molar-refractivity contribution in [1.82, 2.24) is 5.48 Å². The van der Waals surface area contributed by atoms with E-state index >= 15 is 0 Å². The van der Waals surface area contributed by atoms with Crippen LogP contribution in [0, 0.1) is 5.82 Å². The summed E-state index contributed by atoms with van der Waals surface area (Å²) < 4.78 is 13.2. The van der Waals surface area contributed by atoms with Gasteiger partial charge in [0, 0.05) is 12.1 Å². The van der Waals surface area contributed by atoms with Crippen LogP contribution in [-0.4, -0.2) is 5.21 Å². The minimum atomic E-state index is -0.257. The highest BCUT2D eigenvalue weighted by molar-refractivity contribution is 5.28. The maximum Gasteiger partial charge on any atom is 0.128 e. The van der Waals surface area contributed by atoms with E-state index in [0.717, 1.165) is 18.4 Å². The zero-order valence-corrected chi connectivity index (χ0v) is 7.68. The molecule has 0 aliphatic carbocycles. The van der Waals surface area contributed by atoms with Crippen LogP contribution in [0.4, 0.5) is 4.39 Å². The van der Waals surface area contributed by atoms with Crippen LogP contribution in [-0.2, 0) is 13.0 Å². The topological polar surface area (TPSA) is 32.3 Å². The first-order valence-corrected chi connectivity index (χ1v) is 4.42. The van der Waals surface area contributed by atoms with Crippen LogP contribution in [0.3, 0.4) is 0 Å². The molecule has 0 heterocycles. The predicted molar refractivity (Wildman–Crippen MR) is 49.0 cm³/mol. The number of halogens is 1. The molecular weight excluding hydrogens is 169 g/mol. The Morgan fingerprint density at radius 2 is 2.23 bits per heavy atom. The number of hydrogen-bond acceptors (Lipinski definition) is 2. The fourth-order valence-corrected chi connectivity index (χ4v) is 1.38. The molecule has 0 fully saturated rings. The highest BCUT2D eigenvalue weighted by Crippen LogP contribution is 2.14. The van der Waals surface area contributed by atoms with Gasteiger partial charge in [-0.15, -0.1) is 0 Å². The maximum absolute atomic E-state index is 13.2. The third-order valence-corrected chi connectivity index (χ3v) is 1.99. The average Bonchev–Trinajstić information content (AvgIpc) is 2.11. The molecule has 0 aromatic heterocycles. The Hall–Kier alpha value is -0.930. The molecule has 0 unspecified atom stereocenters. The summed E-state index contributed by atoms with van der Waals surface area (Å²) in [5.41, 5.74) is 3.51. The first kappa shape index (κ1) is 10.2. The Labute approximate surface area is 77.4 Å². The molecule has 0 bridgehead atoms. The third kappa shape index (κ3) is 2.50. The molecule has 13 heavy (non-hydrogen) atoms. The lowest BCUT2D eigenvalue weighted by molar-refractivity contribution is 0.159. The molecule has 72 valence electrons. The van der Waals surface area contributed by atoms with Gasteiger partial charge in [-0.3, -0.25) is 0 Å². The van der Waals surface area contributed by atoms with E-state index in [9.17, 15) is 4.39 Å². The van der Waals surface area contributed by atoms with Crippen molar-refractivity contribution in [2.24, 2.45) is 0 Å². The quantitative estimate of drug-likeness (QED) is 0.702. The summed E-state index contributed by atoms with van der Waals surface area (Å²) in [7, 11) is 0. The minimum Gasteiger partial charge on any atom is -0.316 e. The largest absolute Gasteiger partial charge is 0.316 e. The molecular formula is C10H14FNO. The average molecular weight is 183 g/mol. The highest BCUT2D eigenvalue weighted by Gasteiger charge is 2.06. The van der Waals surface area contributed by atoms with E-state index in [1.54, 1.807) is 6.07 Å². The summed E-state index contributed by atoms with van der Waals surface area (Å²) in [6.07, 6.45) is 1.82. The van der Waals surface area contributed by atoms with Gasteiger partial charge in [-0.05, 0) is 18.1 Å². The summed E-state index contributed by atoms with van der Waals surface area (Å²) in [6, 6.07) is 4.99. The summed E-state index contributed by atoms with van der Waals surface area (Å²) in [5, 5.41) is 8.52. The van der Waals surface area contributed by atoms with Crippen LogP contribution >= 0.6 is 0 Å². The van der Waals surface area contributed by atoms with Crippen molar-refractivity contribution >= 4 is 0 Å². The van der Waals surface area contributed by atoms with Crippen LogP contribution < -0.4 is 5.48 Å². The van der Waals surface area contributed by atoms with Crippen LogP contribution in [0.25, 0.3) is 0 Å². The second-order valence-corrected chi connectivity index (χ2v) is 2.96. The molecule has 1 aromatic carbocycles. The van der Waals surface area contributed by atoms with Crippen molar-refractivity contribution in [3.05, 3.63) is 35.1 Å². The molecule has 2 nitrogen and oxygen atoms in total. The van der Waals surface area contributed by atoms with Gasteiger partial charge in [-0.25, -0.2) is 9.87 Å². The molecule has 0 aliphatic heterocycles. The van der Waals surface area contributed by atoms with Crippen molar-refractivity contribution in [3.63, 3.8) is 0 Å². The lowest BCUT2D eigenvalue weighted by Gasteiger charge is -2.08. The predicted octanol–water partition coefficient (Wildman–Crippen LogP) is 2.26. The van der Waals surface area contributed by atoms with Gasteiger partial charge in [-0.2, -0.15) is 0 Å². The molecule has 0 radical (unpaired) electrons. The highest BCUT2D eigenvalue weighted by atomic mass is 19.1. The van der Waals surface area contributed by atoms with Crippen molar-refractivity contribution in [3.8, 4) is 0 Å². The smallest absolute Gasteiger partial charge is 0.128 e. The number of nitrogens with one attached hydrogen (secondary N) is 1. The molecule has 0 saturated heterocycles. The van der Waals surface area contributed by atoms with E-state index in [-0.39, 0.29) is 12.4 Å². The summed E-state index contributed by atoms with van der Waals surface area (Å²) >= 11 is 0. The van der Waals surface area contributed by atoms with Crippen LogP contribution in [0.2, 0.25) is 0 Å². The second-order valence-electron chi connectivity index (χ2n) is 2.96. The van der Waals surface area contributed by atoms with E-state index in [0.29, 0.717) is 5.56 Å². The Balaban J connectivity index is 2.95. The van der Waals surface area contributed by atoms with Gasteiger partial charge in [0.15, 0.2) is 0 Å². The number of benzene rings is 1. The van der Waals surface area contributed by atoms with Gasteiger partial charge in [0.25, 0.3) is 0 Å². The molecule has 0 atom stereocenters. The summed E-state index contributed by atoms with van der Waals surface area (Å²) in [5.74, 6) is -0.257. The third-order valence-electron chi connectivity index (χ3n) is 1.99. The van der Waals surface area contributed by atoms with Gasteiger partial charge >= 0.3 is 0 Å². The monoisotopic (exact) mass is 183 g/mol. The Kier molecular flexibility index (Phi) is 3.86. The Morgan fingerprint density at radius 3 is 2.85 bits per heavy atom. The number of hydrogen-bond donors (Lipinski definition) is 2. The number of hydroxylamine groups is 1. The summed E-state index contributed by atoms with van der Waals surface area (Å²) in [6.45, 7) is 2.21. The van der Waals surface area contributed by atoms with Crippen LogP contribution in [0.1, 0.15) is 24.5 Å².